The molecule has 1 aromatic rings. The van der Waals surface area contributed by atoms with E-state index in [4.69, 9.17) is 4.74 Å². The van der Waals surface area contributed by atoms with E-state index in [-0.39, 0.29) is 24.2 Å². The molecule has 6 heteroatoms. The van der Waals surface area contributed by atoms with Crippen molar-refractivity contribution in [2.75, 3.05) is 11.9 Å². The number of nitrogens with one attached hydrogen (secondary N) is 1. The summed E-state index contributed by atoms with van der Waals surface area (Å²) in [5, 5.41) is 12.3. The maximum absolute atomic E-state index is 11.8. The molecule has 1 aromatic heterocycles. The van der Waals surface area contributed by atoms with Crippen LogP contribution in [-0.2, 0) is 16.0 Å². The predicted molar refractivity (Wildman–Crippen MR) is 79.7 cm³/mol. The number of ether oxygens (including phenoxy) is 1. The van der Waals surface area contributed by atoms with E-state index in [2.05, 4.69) is 5.32 Å². The number of hydrogen-bond donors (Lipinski definition) is 2. The molecule has 0 bridgehead atoms. The van der Waals surface area contributed by atoms with Gasteiger partial charge < -0.3 is 15.2 Å². The Labute approximate surface area is 123 Å². The molecule has 0 radical (unpaired) electrons. The minimum Gasteiger partial charge on any atom is -0.478 e. The molecule has 5 nitrogen and oxygen atoms in total. The standard InChI is InChI=1S/C14H21NO4S/c1-5-8(3)19-7-11(16)15-13-12(14(17)18)10(6-2)9(4)20-13/h8H,5-7H2,1-4H3,(H,15,16)(H,17,18). The molecule has 0 saturated carbocycles. The summed E-state index contributed by atoms with van der Waals surface area (Å²) in [5.41, 5.74) is 0.979. The molecule has 20 heavy (non-hydrogen) atoms. The van der Waals surface area contributed by atoms with Gasteiger partial charge in [0.25, 0.3) is 5.91 Å². The Morgan fingerprint density at radius 2 is 2.05 bits per heavy atom. The Kier molecular flexibility index (Phi) is 6.16. The van der Waals surface area contributed by atoms with Gasteiger partial charge in [0.1, 0.15) is 11.6 Å². The fourth-order valence-corrected chi connectivity index (χ4v) is 2.97. The van der Waals surface area contributed by atoms with E-state index in [0.717, 1.165) is 16.9 Å². The molecule has 1 heterocycles. The molecule has 0 aliphatic heterocycles. The van der Waals surface area contributed by atoms with Crippen molar-refractivity contribution in [3.8, 4) is 0 Å². The number of hydrogen-bond acceptors (Lipinski definition) is 4. The van der Waals surface area contributed by atoms with Crippen LogP contribution in [0.5, 0.6) is 0 Å². The molecule has 0 saturated heterocycles. The van der Waals surface area contributed by atoms with E-state index < -0.39 is 5.97 Å². The zero-order chi connectivity index (χ0) is 15.3. The van der Waals surface area contributed by atoms with Gasteiger partial charge in [0.2, 0.25) is 0 Å². The van der Waals surface area contributed by atoms with Gasteiger partial charge >= 0.3 is 5.97 Å². The number of amides is 1. The molecular weight excluding hydrogens is 278 g/mol. The van der Waals surface area contributed by atoms with Crippen molar-refractivity contribution in [1.29, 1.82) is 0 Å². The number of aryl methyl sites for hydroxylation is 1. The number of carboxylic acids is 1. The number of thiophene rings is 1. The highest BCUT2D eigenvalue weighted by atomic mass is 32.1. The van der Waals surface area contributed by atoms with Gasteiger partial charge in [0.15, 0.2) is 0 Å². The summed E-state index contributed by atoms with van der Waals surface area (Å²) in [5.74, 6) is -1.33. The third-order valence-corrected chi connectivity index (χ3v) is 4.17. The van der Waals surface area contributed by atoms with Crippen LogP contribution in [-0.4, -0.2) is 29.7 Å². The zero-order valence-corrected chi connectivity index (χ0v) is 13.1. The third kappa shape index (κ3) is 4.05. The molecule has 112 valence electrons. The highest BCUT2D eigenvalue weighted by Crippen LogP contribution is 2.33. The van der Waals surface area contributed by atoms with Crippen LogP contribution in [0.15, 0.2) is 0 Å². The molecular formula is C14H21NO4S. The lowest BCUT2D eigenvalue weighted by molar-refractivity contribution is -0.122. The number of carbonyl (C=O) groups excluding carboxylic acids is 1. The van der Waals surface area contributed by atoms with Crippen LogP contribution in [0, 0.1) is 6.92 Å². The highest BCUT2D eigenvalue weighted by Gasteiger charge is 2.21. The molecule has 0 spiro atoms. The summed E-state index contributed by atoms with van der Waals surface area (Å²) in [6, 6.07) is 0. The maximum atomic E-state index is 11.8. The monoisotopic (exact) mass is 299 g/mol. The number of aromatic carboxylic acids is 1. The molecule has 1 atom stereocenters. The fourth-order valence-electron chi connectivity index (χ4n) is 1.82. The number of carboxylic acid groups (broad SMARTS) is 1. The third-order valence-electron chi connectivity index (χ3n) is 3.10. The summed E-state index contributed by atoms with van der Waals surface area (Å²) < 4.78 is 5.33. The normalized spacial score (nSPS) is 12.2. The lowest BCUT2D eigenvalue weighted by Gasteiger charge is -2.10. The lowest BCUT2D eigenvalue weighted by Crippen LogP contribution is -2.22. The first-order valence-electron chi connectivity index (χ1n) is 6.67. The predicted octanol–water partition coefficient (Wildman–Crippen LogP) is 3.07. The van der Waals surface area contributed by atoms with Gasteiger partial charge in [-0.15, -0.1) is 11.3 Å². The highest BCUT2D eigenvalue weighted by molar-refractivity contribution is 7.16. The second-order valence-electron chi connectivity index (χ2n) is 4.58. The van der Waals surface area contributed by atoms with E-state index in [1.54, 1.807) is 0 Å². The average Bonchev–Trinajstić information content (AvgIpc) is 2.71. The Bertz CT molecular complexity index is 496. The van der Waals surface area contributed by atoms with Gasteiger partial charge in [-0.05, 0) is 32.3 Å². The maximum Gasteiger partial charge on any atom is 0.339 e. The smallest absolute Gasteiger partial charge is 0.339 e. The van der Waals surface area contributed by atoms with Crippen molar-refractivity contribution in [3.63, 3.8) is 0 Å². The molecule has 1 rings (SSSR count). The molecule has 1 unspecified atom stereocenters. The van der Waals surface area contributed by atoms with E-state index >= 15 is 0 Å². The first-order valence-corrected chi connectivity index (χ1v) is 7.49. The van der Waals surface area contributed by atoms with Gasteiger partial charge in [0, 0.05) is 4.88 Å². The van der Waals surface area contributed by atoms with E-state index in [1.165, 1.54) is 11.3 Å². The van der Waals surface area contributed by atoms with Gasteiger partial charge in [-0.1, -0.05) is 13.8 Å². The number of anilines is 1. The van der Waals surface area contributed by atoms with Crippen LogP contribution in [0.1, 0.15) is 48.0 Å². The van der Waals surface area contributed by atoms with Gasteiger partial charge in [0.05, 0.1) is 11.7 Å². The SMILES string of the molecule is CCc1c(C)sc(NC(=O)COC(C)CC)c1C(=O)O. The molecule has 0 aliphatic rings. The second-order valence-corrected chi connectivity index (χ2v) is 5.80. The first kappa shape index (κ1) is 16.7. The minimum absolute atomic E-state index is 0.0102. The van der Waals surface area contributed by atoms with Crippen LogP contribution in [0.4, 0.5) is 5.00 Å². The van der Waals surface area contributed by atoms with Crippen LogP contribution in [0.2, 0.25) is 0 Å². The van der Waals surface area contributed by atoms with Gasteiger partial charge in [-0.2, -0.15) is 0 Å². The molecule has 2 N–H and O–H groups in total. The van der Waals surface area contributed by atoms with Crippen LogP contribution in [0.25, 0.3) is 0 Å². The summed E-state index contributed by atoms with van der Waals surface area (Å²) in [6.07, 6.45) is 1.46. The molecule has 0 aromatic carbocycles. The van der Waals surface area contributed by atoms with Crippen molar-refractivity contribution in [3.05, 3.63) is 16.0 Å². The van der Waals surface area contributed by atoms with Gasteiger partial charge in [-0.25, -0.2) is 4.79 Å². The minimum atomic E-state index is -1.01. The topological polar surface area (TPSA) is 75.6 Å². The number of rotatable bonds is 7. The van der Waals surface area contributed by atoms with Crippen LogP contribution in [0.3, 0.4) is 0 Å². The van der Waals surface area contributed by atoms with Crippen molar-refractivity contribution in [2.24, 2.45) is 0 Å². The van der Waals surface area contributed by atoms with Crippen molar-refractivity contribution in [1.82, 2.24) is 0 Å². The summed E-state index contributed by atoms with van der Waals surface area (Å²) in [7, 11) is 0. The van der Waals surface area contributed by atoms with Crippen molar-refractivity contribution >= 4 is 28.2 Å². The Hall–Kier alpha value is -1.40. The van der Waals surface area contributed by atoms with Gasteiger partial charge in [-0.3, -0.25) is 4.79 Å². The largest absolute Gasteiger partial charge is 0.478 e. The Balaban J connectivity index is 2.82. The fraction of sp³-hybridized carbons (Fsp3) is 0.571. The quantitative estimate of drug-likeness (QED) is 0.811. The summed E-state index contributed by atoms with van der Waals surface area (Å²) in [6.45, 7) is 7.56. The van der Waals surface area contributed by atoms with Crippen LogP contribution < -0.4 is 5.32 Å². The average molecular weight is 299 g/mol. The Morgan fingerprint density at radius 1 is 1.40 bits per heavy atom. The first-order chi connectivity index (χ1) is 9.40. The molecule has 1 amide bonds. The summed E-state index contributed by atoms with van der Waals surface area (Å²) >= 11 is 1.29. The van der Waals surface area contributed by atoms with Crippen molar-refractivity contribution < 1.29 is 19.4 Å². The molecule has 0 fully saturated rings. The van der Waals surface area contributed by atoms with E-state index in [1.807, 2.05) is 27.7 Å². The summed E-state index contributed by atoms with van der Waals surface area (Å²) in [4.78, 5) is 24.0. The van der Waals surface area contributed by atoms with Crippen LogP contribution >= 0.6 is 11.3 Å². The van der Waals surface area contributed by atoms with E-state index in [0.29, 0.717) is 11.4 Å². The van der Waals surface area contributed by atoms with Crippen molar-refractivity contribution in [2.45, 2.75) is 46.6 Å². The number of carbonyl (C=O) groups is 2. The zero-order valence-electron chi connectivity index (χ0n) is 12.3. The Morgan fingerprint density at radius 3 is 2.55 bits per heavy atom. The lowest BCUT2D eigenvalue weighted by atomic mass is 10.1. The second kappa shape index (κ2) is 7.40. The van der Waals surface area contributed by atoms with E-state index in [9.17, 15) is 14.7 Å². The molecule has 0 aliphatic carbocycles.